The van der Waals surface area contributed by atoms with Crippen molar-refractivity contribution in [2.24, 2.45) is 0 Å². The summed E-state index contributed by atoms with van der Waals surface area (Å²) in [5.74, 6) is 1.27. The van der Waals surface area contributed by atoms with E-state index in [-0.39, 0.29) is 12.4 Å². The van der Waals surface area contributed by atoms with Crippen LogP contribution in [-0.2, 0) is 16.0 Å². The molecule has 1 aromatic rings. The number of ether oxygens (including phenoxy) is 1. The van der Waals surface area contributed by atoms with Gasteiger partial charge >= 0.3 is 0 Å². The average Bonchev–Trinajstić information content (AvgIpc) is 3.12. The number of carboxylic acid groups (broad SMARTS) is 1. The number of fused-ring (bicyclic) bond motifs is 1. The normalized spacial score (nSPS) is 21.7. The van der Waals surface area contributed by atoms with E-state index in [2.05, 4.69) is 0 Å². The van der Waals surface area contributed by atoms with Crippen LogP contribution in [0.2, 0.25) is 0 Å². The maximum atomic E-state index is 12.8. The number of aromatic hydroxyl groups is 1. The van der Waals surface area contributed by atoms with Gasteiger partial charge < -0.3 is 19.8 Å². The Bertz CT molecular complexity index is 679. The molecule has 0 saturated carbocycles. The number of amides is 1. The summed E-state index contributed by atoms with van der Waals surface area (Å²) in [5, 5.41) is 17.1. The molecule has 6 nitrogen and oxygen atoms in total. The molecule has 1 amide bonds. The molecule has 3 rings (SSSR count). The first kappa shape index (κ1) is 19.1. The zero-order valence-electron chi connectivity index (χ0n) is 15.4. The van der Waals surface area contributed by atoms with Gasteiger partial charge in [0, 0.05) is 25.1 Å². The predicted molar refractivity (Wildman–Crippen MR) is 94.2 cm³/mol. The SMILES string of the molecule is Cc1c(C)c2c(c(C)c1O)CCC(C)(C(=O)N1CCCC1)O2.O=CO. The monoisotopic (exact) mass is 349 g/mol. The van der Waals surface area contributed by atoms with Crippen molar-refractivity contribution in [3.8, 4) is 11.5 Å². The Morgan fingerprint density at radius 2 is 1.72 bits per heavy atom. The average molecular weight is 349 g/mol. The van der Waals surface area contributed by atoms with E-state index < -0.39 is 5.60 Å². The summed E-state index contributed by atoms with van der Waals surface area (Å²) in [7, 11) is 0. The van der Waals surface area contributed by atoms with E-state index in [1.807, 2.05) is 32.6 Å². The minimum absolute atomic E-state index is 0.110. The maximum Gasteiger partial charge on any atom is 0.290 e. The fraction of sp³-hybridized carbons (Fsp3) is 0.579. The fourth-order valence-electron chi connectivity index (χ4n) is 3.65. The summed E-state index contributed by atoms with van der Waals surface area (Å²) in [6.07, 6.45) is 3.61. The van der Waals surface area contributed by atoms with Gasteiger partial charge in [0.15, 0.2) is 5.60 Å². The van der Waals surface area contributed by atoms with Gasteiger partial charge in [0.25, 0.3) is 12.4 Å². The van der Waals surface area contributed by atoms with Gasteiger partial charge in [-0.05, 0) is 63.6 Å². The van der Waals surface area contributed by atoms with Crippen LogP contribution in [0.3, 0.4) is 0 Å². The Kier molecular flexibility index (Phi) is 5.60. The van der Waals surface area contributed by atoms with Crippen LogP contribution in [-0.4, -0.2) is 46.2 Å². The van der Waals surface area contributed by atoms with Crippen LogP contribution in [0, 0.1) is 20.8 Å². The standard InChI is InChI=1S/C18H25NO3.CH2O2/c1-11-12(2)16-14(13(3)15(11)20)7-8-18(4,22-16)17(21)19-9-5-6-10-19;2-1-3/h20H,5-10H2,1-4H3;1H,(H,2,3). The number of phenolic OH excluding ortho intramolecular Hbond substituents is 1. The number of hydrogen-bond donors (Lipinski definition) is 2. The molecule has 2 heterocycles. The molecule has 2 aliphatic rings. The largest absolute Gasteiger partial charge is 0.507 e. The zero-order valence-corrected chi connectivity index (χ0v) is 15.4. The summed E-state index contributed by atoms with van der Waals surface area (Å²) < 4.78 is 6.24. The van der Waals surface area contributed by atoms with E-state index in [1.54, 1.807) is 0 Å². The molecule has 138 valence electrons. The van der Waals surface area contributed by atoms with Gasteiger partial charge in [-0.15, -0.1) is 0 Å². The van der Waals surface area contributed by atoms with E-state index in [4.69, 9.17) is 14.6 Å². The molecule has 0 aliphatic carbocycles. The molecule has 6 heteroatoms. The van der Waals surface area contributed by atoms with Crippen molar-refractivity contribution in [1.82, 2.24) is 4.90 Å². The Hall–Kier alpha value is -2.24. The highest BCUT2D eigenvalue weighted by Crippen LogP contribution is 2.43. The third-order valence-electron chi connectivity index (χ3n) is 5.37. The van der Waals surface area contributed by atoms with Gasteiger partial charge in [0.1, 0.15) is 11.5 Å². The van der Waals surface area contributed by atoms with E-state index in [1.165, 1.54) is 0 Å². The molecule has 1 atom stereocenters. The Morgan fingerprint density at radius 1 is 1.16 bits per heavy atom. The van der Waals surface area contributed by atoms with Crippen molar-refractivity contribution in [2.45, 2.75) is 59.0 Å². The number of phenols is 1. The van der Waals surface area contributed by atoms with E-state index in [0.717, 1.165) is 60.4 Å². The first-order chi connectivity index (χ1) is 11.8. The molecule has 1 saturated heterocycles. The number of benzene rings is 1. The second-order valence-corrected chi connectivity index (χ2v) is 6.97. The quantitative estimate of drug-likeness (QED) is 0.761. The highest BCUT2D eigenvalue weighted by Gasteiger charge is 2.43. The topological polar surface area (TPSA) is 87.1 Å². The molecular formula is C19H27NO5. The molecular weight excluding hydrogens is 322 g/mol. The van der Waals surface area contributed by atoms with Crippen molar-refractivity contribution in [3.05, 3.63) is 22.3 Å². The van der Waals surface area contributed by atoms with Crippen molar-refractivity contribution < 1.29 is 24.5 Å². The van der Waals surface area contributed by atoms with E-state index in [0.29, 0.717) is 12.2 Å². The number of likely N-dealkylation sites (tertiary alicyclic amines) is 1. The first-order valence-electron chi connectivity index (χ1n) is 8.64. The van der Waals surface area contributed by atoms with Crippen molar-refractivity contribution in [2.75, 3.05) is 13.1 Å². The lowest BCUT2D eigenvalue weighted by molar-refractivity contribution is -0.147. The Morgan fingerprint density at radius 3 is 2.28 bits per heavy atom. The highest BCUT2D eigenvalue weighted by atomic mass is 16.5. The molecule has 2 aliphatic heterocycles. The lowest BCUT2D eigenvalue weighted by Gasteiger charge is -2.38. The minimum Gasteiger partial charge on any atom is -0.507 e. The van der Waals surface area contributed by atoms with E-state index >= 15 is 0 Å². The van der Waals surface area contributed by atoms with Gasteiger partial charge in [0.05, 0.1) is 0 Å². The maximum absolute atomic E-state index is 12.8. The molecule has 1 aromatic carbocycles. The minimum atomic E-state index is -0.780. The molecule has 0 aromatic heterocycles. The Balaban J connectivity index is 0.000000701. The second-order valence-electron chi connectivity index (χ2n) is 6.97. The smallest absolute Gasteiger partial charge is 0.290 e. The molecule has 0 bridgehead atoms. The highest BCUT2D eigenvalue weighted by molar-refractivity contribution is 5.86. The van der Waals surface area contributed by atoms with Crippen molar-refractivity contribution >= 4 is 12.4 Å². The van der Waals surface area contributed by atoms with E-state index in [9.17, 15) is 9.90 Å². The van der Waals surface area contributed by atoms with Gasteiger partial charge in [-0.3, -0.25) is 9.59 Å². The van der Waals surface area contributed by atoms with Crippen LogP contribution in [0.1, 0.15) is 48.4 Å². The van der Waals surface area contributed by atoms with Gasteiger partial charge in [-0.25, -0.2) is 0 Å². The van der Waals surface area contributed by atoms with Crippen LogP contribution in [0.5, 0.6) is 11.5 Å². The van der Waals surface area contributed by atoms with Crippen molar-refractivity contribution in [1.29, 1.82) is 0 Å². The fourth-order valence-corrected chi connectivity index (χ4v) is 3.65. The zero-order chi connectivity index (χ0) is 18.8. The van der Waals surface area contributed by atoms with Crippen LogP contribution < -0.4 is 4.74 Å². The van der Waals surface area contributed by atoms with Gasteiger partial charge in [0.2, 0.25) is 0 Å². The first-order valence-corrected chi connectivity index (χ1v) is 8.64. The predicted octanol–water partition coefficient (Wildman–Crippen LogP) is 2.72. The lowest BCUT2D eigenvalue weighted by atomic mass is 9.86. The van der Waals surface area contributed by atoms with Crippen LogP contribution in [0.4, 0.5) is 0 Å². The molecule has 0 spiro atoms. The Labute approximate surface area is 148 Å². The van der Waals surface area contributed by atoms with Gasteiger partial charge in [-0.1, -0.05) is 0 Å². The van der Waals surface area contributed by atoms with Crippen LogP contribution in [0.15, 0.2) is 0 Å². The number of carbonyl (C=O) groups is 2. The lowest BCUT2D eigenvalue weighted by Crippen LogP contribution is -2.52. The number of carbonyl (C=O) groups excluding carboxylic acids is 1. The summed E-state index contributed by atoms with van der Waals surface area (Å²) in [4.78, 5) is 23.1. The number of hydrogen-bond acceptors (Lipinski definition) is 4. The summed E-state index contributed by atoms with van der Waals surface area (Å²) in [6.45, 7) is 9.13. The summed E-state index contributed by atoms with van der Waals surface area (Å²) in [6, 6.07) is 0. The third kappa shape index (κ3) is 3.43. The number of nitrogens with zero attached hydrogens (tertiary/aromatic N) is 1. The third-order valence-corrected chi connectivity index (χ3v) is 5.37. The van der Waals surface area contributed by atoms with Crippen LogP contribution in [0.25, 0.3) is 0 Å². The molecule has 0 radical (unpaired) electrons. The molecule has 1 unspecified atom stereocenters. The van der Waals surface area contributed by atoms with Gasteiger partial charge in [-0.2, -0.15) is 0 Å². The molecule has 2 N–H and O–H groups in total. The summed E-state index contributed by atoms with van der Waals surface area (Å²) in [5.41, 5.74) is 2.94. The molecule has 25 heavy (non-hydrogen) atoms. The number of rotatable bonds is 1. The van der Waals surface area contributed by atoms with Crippen molar-refractivity contribution in [3.63, 3.8) is 0 Å². The van der Waals surface area contributed by atoms with Crippen LogP contribution >= 0.6 is 0 Å². The summed E-state index contributed by atoms with van der Waals surface area (Å²) >= 11 is 0. The molecule has 1 fully saturated rings. The second kappa shape index (κ2) is 7.33.